The van der Waals surface area contributed by atoms with E-state index < -0.39 is 0 Å². The molecule has 1 aromatic rings. The molecule has 0 atom stereocenters. The summed E-state index contributed by atoms with van der Waals surface area (Å²) < 4.78 is 4.95. The van der Waals surface area contributed by atoms with Crippen LogP contribution in [-0.4, -0.2) is 11.3 Å². The number of hydrogen-bond donors (Lipinski definition) is 1. The third-order valence-electron chi connectivity index (χ3n) is 1.32. The molecule has 0 saturated carbocycles. The highest BCUT2D eigenvalue weighted by Crippen LogP contribution is 2.16. The number of furan rings is 1. The molecule has 0 aliphatic rings. The van der Waals surface area contributed by atoms with E-state index in [9.17, 15) is 0 Å². The maximum atomic E-state index is 5.83. The molecule has 0 aliphatic heterocycles. The molecular weight excluding hydrogens is 170 g/mol. The van der Waals surface area contributed by atoms with Gasteiger partial charge in [-0.25, -0.2) is 0 Å². The van der Waals surface area contributed by atoms with Crippen molar-refractivity contribution in [2.24, 2.45) is 5.73 Å². The molecule has 12 heavy (non-hydrogen) atoms. The molecule has 0 spiro atoms. The van der Waals surface area contributed by atoms with Crippen molar-refractivity contribution in [2.75, 3.05) is 5.75 Å². The quantitative estimate of drug-likeness (QED) is 0.782. The Morgan fingerprint density at radius 1 is 1.58 bits per heavy atom. The van der Waals surface area contributed by atoms with Gasteiger partial charge in [0.2, 0.25) is 0 Å². The summed E-state index contributed by atoms with van der Waals surface area (Å²) in [5.74, 6) is 1.95. The van der Waals surface area contributed by atoms with Gasteiger partial charge in [-0.3, -0.25) is 0 Å². The van der Waals surface area contributed by atoms with Crippen molar-refractivity contribution >= 4 is 11.8 Å². The standard InChI is InChI=1S/C9H15NOS/c1-9(2,10)7-12-6-8-3-4-11-5-8/h3-5H,6-7,10H2,1-2H3. The minimum atomic E-state index is -0.0750. The fourth-order valence-corrected chi connectivity index (χ4v) is 1.83. The minimum absolute atomic E-state index is 0.0750. The van der Waals surface area contributed by atoms with Crippen molar-refractivity contribution in [1.82, 2.24) is 0 Å². The fourth-order valence-electron chi connectivity index (χ4n) is 0.807. The highest BCUT2D eigenvalue weighted by Gasteiger charge is 2.09. The lowest BCUT2D eigenvalue weighted by Crippen LogP contribution is -2.34. The van der Waals surface area contributed by atoms with E-state index in [1.807, 2.05) is 31.7 Å². The van der Waals surface area contributed by atoms with Gasteiger partial charge in [-0.05, 0) is 19.9 Å². The topological polar surface area (TPSA) is 39.2 Å². The summed E-state index contributed by atoms with van der Waals surface area (Å²) in [6.45, 7) is 4.07. The van der Waals surface area contributed by atoms with E-state index in [1.165, 1.54) is 5.56 Å². The normalized spacial score (nSPS) is 11.9. The van der Waals surface area contributed by atoms with Crippen LogP contribution in [0.5, 0.6) is 0 Å². The van der Waals surface area contributed by atoms with Gasteiger partial charge in [-0.15, -0.1) is 0 Å². The largest absolute Gasteiger partial charge is 0.472 e. The predicted molar refractivity (Wildman–Crippen MR) is 53.1 cm³/mol. The molecule has 0 aliphatic carbocycles. The average molecular weight is 185 g/mol. The van der Waals surface area contributed by atoms with Crippen LogP contribution < -0.4 is 5.73 Å². The lowest BCUT2D eigenvalue weighted by molar-refractivity contribution is 0.565. The number of thioether (sulfide) groups is 1. The molecule has 0 saturated heterocycles. The Hall–Kier alpha value is -0.410. The molecule has 2 nitrogen and oxygen atoms in total. The summed E-state index contributed by atoms with van der Waals surface area (Å²) in [6, 6.07) is 1.98. The molecule has 2 N–H and O–H groups in total. The highest BCUT2D eigenvalue weighted by molar-refractivity contribution is 7.98. The maximum Gasteiger partial charge on any atom is 0.0942 e. The maximum absolute atomic E-state index is 5.83. The fraction of sp³-hybridized carbons (Fsp3) is 0.556. The third kappa shape index (κ3) is 3.83. The predicted octanol–water partition coefficient (Wildman–Crippen LogP) is 2.25. The summed E-state index contributed by atoms with van der Waals surface area (Å²) in [5, 5.41) is 0. The van der Waals surface area contributed by atoms with Gasteiger partial charge in [-0.2, -0.15) is 11.8 Å². The smallest absolute Gasteiger partial charge is 0.0942 e. The van der Waals surface area contributed by atoms with Gasteiger partial charge in [0.25, 0.3) is 0 Å². The Balaban J connectivity index is 2.20. The SMILES string of the molecule is CC(C)(N)CSCc1ccoc1. The molecule has 0 aromatic carbocycles. The first-order chi connectivity index (χ1) is 5.58. The van der Waals surface area contributed by atoms with Crippen molar-refractivity contribution in [2.45, 2.75) is 25.1 Å². The molecule has 68 valence electrons. The van der Waals surface area contributed by atoms with Crippen LogP contribution in [0, 0.1) is 0 Å². The molecule has 1 heterocycles. The van der Waals surface area contributed by atoms with Gasteiger partial charge in [0.1, 0.15) is 0 Å². The zero-order valence-electron chi connectivity index (χ0n) is 7.54. The second kappa shape index (κ2) is 4.01. The number of rotatable bonds is 4. The number of hydrogen-bond acceptors (Lipinski definition) is 3. The summed E-state index contributed by atoms with van der Waals surface area (Å²) in [6.07, 6.45) is 3.47. The van der Waals surface area contributed by atoms with Crippen molar-refractivity contribution in [1.29, 1.82) is 0 Å². The Labute approximate surface area is 77.5 Å². The van der Waals surface area contributed by atoms with E-state index >= 15 is 0 Å². The van der Waals surface area contributed by atoms with Gasteiger partial charge in [-0.1, -0.05) is 0 Å². The molecule has 1 aromatic heterocycles. The molecule has 0 fully saturated rings. The Bertz CT molecular complexity index is 213. The van der Waals surface area contributed by atoms with Crippen molar-refractivity contribution in [3.05, 3.63) is 24.2 Å². The first kappa shape index (κ1) is 9.68. The van der Waals surface area contributed by atoms with E-state index in [1.54, 1.807) is 12.5 Å². The van der Waals surface area contributed by atoms with Crippen LogP contribution in [0.4, 0.5) is 0 Å². The van der Waals surface area contributed by atoms with E-state index in [0.717, 1.165) is 11.5 Å². The van der Waals surface area contributed by atoms with Gasteiger partial charge < -0.3 is 10.2 Å². The first-order valence-corrected chi connectivity index (χ1v) is 5.11. The van der Waals surface area contributed by atoms with E-state index in [0.29, 0.717) is 0 Å². The van der Waals surface area contributed by atoms with E-state index in [4.69, 9.17) is 10.2 Å². The second-order valence-corrected chi connectivity index (χ2v) is 4.60. The number of nitrogens with two attached hydrogens (primary N) is 1. The lowest BCUT2D eigenvalue weighted by atomic mass is 10.1. The zero-order valence-corrected chi connectivity index (χ0v) is 8.36. The summed E-state index contributed by atoms with van der Waals surface area (Å²) >= 11 is 1.83. The average Bonchev–Trinajstić information content (AvgIpc) is 2.36. The van der Waals surface area contributed by atoms with Crippen LogP contribution in [0.3, 0.4) is 0 Å². The third-order valence-corrected chi connectivity index (χ3v) is 2.81. The summed E-state index contributed by atoms with van der Waals surface area (Å²) in [7, 11) is 0. The summed E-state index contributed by atoms with van der Waals surface area (Å²) in [5.41, 5.74) is 6.98. The zero-order chi connectivity index (χ0) is 9.03. The minimum Gasteiger partial charge on any atom is -0.472 e. The Kier molecular flexibility index (Phi) is 3.23. The Morgan fingerprint density at radius 3 is 2.83 bits per heavy atom. The van der Waals surface area contributed by atoms with Gasteiger partial charge in [0, 0.05) is 22.6 Å². The molecule has 1 rings (SSSR count). The molecule has 3 heteroatoms. The van der Waals surface area contributed by atoms with Crippen molar-refractivity contribution in [3.63, 3.8) is 0 Å². The van der Waals surface area contributed by atoms with Crippen LogP contribution in [0.15, 0.2) is 23.0 Å². The highest BCUT2D eigenvalue weighted by atomic mass is 32.2. The van der Waals surface area contributed by atoms with Crippen LogP contribution >= 0.6 is 11.8 Å². The van der Waals surface area contributed by atoms with E-state index in [-0.39, 0.29) is 5.54 Å². The van der Waals surface area contributed by atoms with Crippen molar-refractivity contribution < 1.29 is 4.42 Å². The van der Waals surface area contributed by atoms with Crippen LogP contribution in [-0.2, 0) is 5.75 Å². The van der Waals surface area contributed by atoms with Gasteiger partial charge in [0.05, 0.1) is 12.5 Å². The van der Waals surface area contributed by atoms with Crippen LogP contribution in [0.1, 0.15) is 19.4 Å². The van der Waals surface area contributed by atoms with Gasteiger partial charge >= 0.3 is 0 Å². The summed E-state index contributed by atoms with van der Waals surface area (Å²) in [4.78, 5) is 0. The molecule has 0 amide bonds. The Morgan fingerprint density at radius 2 is 2.33 bits per heavy atom. The van der Waals surface area contributed by atoms with Crippen LogP contribution in [0.25, 0.3) is 0 Å². The lowest BCUT2D eigenvalue weighted by Gasteiger charge is -2.16. The molecule has 0 unspecified atom stereocenters. The molecule has 0 radical (unpaired) electrons. The second-order valence-electron chi connectivity index (χ2n) is 3.61. The van der Waals surface area contributed by atoms with E-state index in [2.05, 4.69) is 0 Å². The first-order valence-electron chi connectivity index (χ1n) is 3.96. The van der Waals surface area contributed by atoms with Gasteiger partial charge in [0.15, 0.2) is 0 Å². The monoisotopic (exact) mass is 185 g/mol. The van der Waals surface area contributed by atoms with Crippen molar-refractivity contribution in [3.8, 4) is 0 Å². The molecule has 0 bridgehead atoms. The van der Waals surface area contributed by atoms with Crippen LogP contribution in [0.2, 0.25) is 0 Å². The molecular formula is C9H15NOS.